The van der Waals surface area contributed by atoms with Crippen LogP contribution < -0.4 is 4.90 Å². The molecule has 128 valence electrons. The minimum absolute atomic E-state index is 0.170. The van der Waals surface area contributed by atoms with E-state index in [2.05, 4.69) is 18.0 Å². The maximum atomic E-state index is 12.7. The van der Waals surface area contributed by atoms with E-state index in [0.29, 0.717) is 5.75 Å². The fraction of sp³-hybridized carbons (Fsp3) is 0.263. The molecule has 0 bridgehead atoms. The van der Waals surface area contributed by atoms with Crippen LogP contribution in [0.3, 0.4) is 0 Å². The number of nitrogens with zero attached hydrogens (tertiary/aromatic N) is 2. The number of thiazole rings is 1. The topological polar surface area (TPSA) is 46.3 Å². The maximum absolute atomic E-state index is 12.7. The van der Waals surface area contributed by atoms with Crippen molar-refractivity contribution in [3.05, 3.63) is 59.3 Å². The van der Waals surface area contributed by atoms with E-state index >= 15 is 0 Å². The minimum atomic E-state index is 0.170. The van der Waals surface area contributed by atoms with Crippen LogP contribution in [0.5, 0.6) is 0 Å². The molecule has 0 fully saturated rings. The second-order valence-electron chi connectivity index (χ2n) is 6.06. The highest BCUT2D eigenvalue weighted by Gasteiger charge is 2.30. The lowest BCUT2D eigenvalue weighted by atomic mass is 10.1. The van der Waals surface area contributed by atoms with Gasteiger partial charge in [0.1, 0.15) is 0 Å². The van der Waals surface area contributed by atoms with Crippen molar-refractivity contribution in [2.24, 2.45) is 0 Å². The number of fused-ring (bicyclic) bond motifs is 1. The second kappa shape index (κ2) is 7.06. The normalized spacial score (nSPS) is 16.2. The summed E-state index contributed by atoms with van der Waals surface area (Å²) in [5.74, 6) is 2.16. The van der Waals surface area contributed by atoms with Crippen molar-refractivity contribution in [2.45, 2.75) is 25.1 Å². The lowest BCUT2D eigenvalue weighted by molar-refractivity contribution is -0.116. The number of thioether (sulfide) groups is 1. The summed E-state index contributed by atoms with van der Waals surface area (Å²) in [4.78, 5) is 19.2. The number of anilines is 1. The number of rotatable bonds is 5. The molecule has 0 N–H and O–H groups in total. The average molecular weight is 370 g/mol. The minimum Gasteiger partial charge on any atom is -0.462 e. The molecule has 1 unspecified atom stereocenters. The van der Waals surface area contributed by atoms with Gasteiger partial charge in [0.2, 0.25) is 5.91 Å². The Balaban J connectivity index is 1.35. The lowest BCUT2D eigenvalue weighted by Gasteiger charge is -2.22. The van der Waals surface area contributed by atoms with Crippen molar-refractivity contribution in [2.75, 3.05) is 10.7 Å². The Morgan fingerprint density at radius 2 is 2.24 bits per heavy atom. The molecule has 1 amide bonds. The first-order chi connectivity index (χ1) is 12.2. The molecule has 25 heavy (non-hydrogen) atoms. The Morgan fingerprint density at radius 3 is 3.08 bits per heavy atom. The van der Waals surface area contributed by atoms with Crippen LogP contribution in [0.25, 0.3) is 10.8 Å². The molecule has 3 aromatic rings. The Bertz CT molecular complexity index is 873. The van der Waals surface area contributed by atoms with Crippen LogP contribution in [-0.4, -0.2) is 22.7 Å². The van der Waals surface area contributed by atoms with Gasteiger partial charge < -0.3 is 9.32 Å². The molecule has 4 rings (SSSR count). The highest BCUT2D eigenvalue weighted by atomic mass is 32.2. The average Bonchev–Trinajstić information content (AvgIpc) is 3.33. The molecular weight excluding hydrogens is 352 g/mol. The monoisotopic (exact) mass is 370 g/mol. The Labute approximate surface area is 154 Å². The van der Waals surface area contributed by atoms with Gasteiger partial charge >= 0.3 is 0 Å². The lowest BCUT2D eigenvalue weighted by Crippen LogP contribution is -2.37. The molecule has 0 radical (unpaired) electrons. The summed E-state index contributed by atoms with van der Waals surface area (Å²) < 4.78 is 5.37. The molecule has 2 aromatic heterocycles. The third kappa shape index (κ3) is 3.37. The summed E-state index contributed by atoms with van der Waals surface area (Å²) >= 11 is 3.18. The van der Waals surface area contributed by atoms with Crippen LogP contribution in [0.4, 0.5) is 5.69 Å². The molecule has 1 aliphatic heterocycles. The van der Waals surface area contributed by atoms with E-state index in [0.717, 1.165) is 34.3 Å². The predicted molar refractivity (Wildman–Crippen MR) is 103 cm³/mol. The van der Waals surface area contributed by atoms with Crippen molar-refractivity contribution in [3.63, 3.8) is 0 Å². The van der Waals surface area contributed by atoms with Crippen molar-refractivity contribution in [1.82, 2.24) is 4.98 Å². The van der Waals surface area contributed by atoms with Crippen LogP contribution in [0.2, 0.25) is 0 Å². The van der Waals surface area contributed by atoms with Gasteiger partial charge in [-0.15, -0.1) is 23.1 Å². The summed E-state index contributed by atoms with van der Waals surface area (Å²) in [5.41, 5.74) is 3.31. The van der Waals surface area contributed by atoms with E-state index < -0.39 is 0 Å². The first-order valence-electron chi connectivity index (χ1n) is 8.18. The van der Waals surface area contributed by atoms with Crippen LogP contribution in [0.1, 0.15) is 18.2 Å². The van der Waals surface area contributed by atoms with Crippen LogP contribution in [0, 0.1) is 0 Å². The standard InChI is InChI=1S/C19H18N2O2S2/c1-13-9-14-5-2-3-6-16(14)21(13)18(22)12-24-10-15-11-25-19(20-15)17-7-4-8-23-17/h2-8,11,13H,9-10,12H2,1H3. The fourth-order valence-electron chi connectivity index (χ4n) is 3.14. The molecule has 3 heterocycles. The summed E-state index contributed by atoms with van der Waals surface area (Å²) in [5, 5.41) is 2.91. The van der Waals surface area contributed by atoms with Gasteiger partial charge in [-0.2, -0.15) is 0 Å². The van der Waals surface area contributed by atoms with E-state index in [4.69, 9.17) is 4.42 Å². The summed E-state index contributed by atoms with van der Waals surface area (Å²) in [6, 6.07) is 12.2. The molecule has 0 saturated heterocycles. The first kappa shape index (κ1) is 16.4. The SMILES string of the molecule is CC1Cc2ccccc2N1C(=O)CSCc1csc(-c2ccco2)n1. The molecule has 1 aliphatic rings. The molecule has 1 atom stereocenters. The number of benzene rings is 1. The number of hydrogen-bond donors (Lipinski definition) is 0. The number of hydrogen-bond acceptors (Lipinski definition) is 5. The Kier molecular flexibility index (Phi) is 4.63. The zero-order valence-electron chi connectivity index (χ0n) is 13.8. The van der Waals surface area contributed by atoms with Gasteiger partial charge in [-0.25, -0.2) is 4.98 Å². The van der Waals surface area contributed by atoms with Crippen molar-refractivity contribution >= 4 is 34.7 Å². The number of aromatic nitrogens is 1. The smallest absolute Gasteiger partial charge is 0.237 e. The number of carbonyl (C=O) groups is 1. The highest BCUT2D eigenvalue weighted by molar-refractivity contribution is 7.99. The van der Waals surface area contributed by atoms with Crippen LogP contribution >= 0.6 is 23.1 Å². The summed E-state index contributed by atoms with van der Waals surface area (Å²) in [6.45, 7) is 2.11. The number of carbonyl (C=O) groups excluding carboxylic acids is 1. The first-order valence-corrected chi connectivity index (χ1v) is 10.2. The zero-order chi connectivity index (χ0) is 17.2. The number of amides is 1. The molecular formula is C19H18N2O2S2. The summed E-state index contributed by atoms with van der Waals surface area (Å²) in [6.07, 6.45) is 2.59. The van der Waals surface area contributed by atoms with Gasteiger partial charge in [-0.1, -0.05) is 18.2 Å². The molecule has 0 saturated carbocycles. The second-order valence-corrected chi connectivity index (χ2v) is 7.90. The van der Waals surface area contributed by atoms with Crippen molar-refractivity contribution < 1.29 is 9.21 Å². The van der Waals surface area contributed by atoms with Crippen LogP contribution in [-0.2, 0) is 17.0 Å². The van der Waals surface area contributed by atoms with Crippen molar-refractivity contribution in [3.8, 4) is 10.8 Å². The van der Waals surface area contributed by atoms with Gasteiger partial charge in [-0.3, -0.25) is 4.79 Å². The van der Waals surface area contributed by atoms with Gasteiger partial charge in [0, 0.05) is 22.9 Å². The maximum Gasteiger partial charge on any atom is 0.237 e. The third-order valence-electron chi connectivity index (χ3n) is 4.24. The zero-order valence-corrected chi connectivity index (χ0v) is 15.5. The van der Waals surface area contributed by atoms with Gasteiger partial charge in [0.15, 0.2) is 10.8 Å². The van der Waals surface area contributed by atoms with E-state index in [1.807, 2.05) is 40.6 Å². The van der Waals surface area contributed by atoms with Crippen molar-refractivity contribution in [1.29, 1.82) is 0 Å². The number of furan rings is 1. The van der Waals surface area contributed by atoms with Gasteiger partial charge in [-0.05, 0) is 37.1 Å². The van der Waals surface area contributed by atoms with E-state index in [9.17, 15) is 4.79 Å². The third-order valence-corrected chi connectivity index (χ3v) is 6.09. The van der Waals surface area contributed by atoms with E-state index in [-0.39, 0.29) is 11.9 Å². The highest BCUT2D eigenvalue weighted by Crippen LogP contribution is 2.32. The fourth-order valence-corrected chi connectivity index (χ4v) is 4.81. The van der Waals surface area contributed by atoms with E-state index in [1.165, 1.54) is 5.56 Å². The Morgan fingerprint density at radius 1 is 1.36 bits per heavy atom. The molecule has 4 nitrogen and oxygen atoms in total. The van der Waals surface area contributed by atoms with Crippen LogP contribution in [0.15, 0.2) is 52.5 Å². The largest absolute Gasteiger partial charge is 0.462 e. The number of para-hydroxylation sites is 1. The molecule has 0 spiro atoms. The van der Waals surface area contributed by atoms with Gasteiger partial charge in [0.25, 0.3) is 0 Å². The quantitative estimate of drug-likeness (QED) is 0.658. The predicted octanol–water partition coefficient (Wildman–Crippen LogP) is 4.61. The molecule has 6 heteroatoms. The molecule has 0 aliphatic carbocycles. The molecule has 1 aromatic carbocycles. The van der Waals surface area contributed by atoms with Gasteiger partial charge in [0.05, 0.1) is 17.7 Å². The Hall–Kier alpha value is -2.05. The van der Waals surface area contributed by atoms with E-state index in [1.54, 1.807) is 29.4 Å². The summed E-state index contributed by atoms with van der Waals surface area (Å²) in [7, 11) is 0.